The maximum atomic E-state index is 12.4. The predicted octanol–water partition coefficient (Wildman–Crippen LogP) is 2.55. The van der Waals surface area contributed by atoms with E-state index in [2.05, 4.69) is 15.4 Å². The van der Waals surface area contributed by atoms with Crippen LogP contribution in [0, 0.1) is 0 Å². The van der Waals surface area contributed by atoms with E-state index in [1.807, 2.05) is 40.8 Å². The molecule has 3 rings (SSSR count). The van der Waals surface area contributed by atoms with Gasteiger partial charge in [-0.1, -0.05) is 0 Å². The monoisotopic (exact) mass is 315 g/mol. The number of piperidine rings is 1. The van der Waals surface area contributed by atoms with Crippen LogP contribution >= 0.6 is 0 Å². The standard InChI is InChI=1S/C16H21N5O2/c1-2-23-15-7-5-13(6-8-15)19-16(22)20-9-3-4-14(10-20)21-12-17-11-18-21/h5-8,11-12,14H,2-4,9-10H2,1H3,(H,19,22). The summed E-state index contributed by atoms with van der Waals surface area (Å²) in [5.41, 5.74) is 0.765. The van der Waals surface area contributed by atoms with E-state index in [1.54, 1.807) is 6.33 Å². The number of carbonyl (C=O) groups is 1. The van der Waals surface area contributed by atoms with Crippen LogP contribution in [0.1, 0.15) is 25.8 Å². The number of ether oxygens (including phenoxy) is 1. The largest absolute Gasteiger partial charge is 0.494 e. The summed E-state index contributed by atoms with van der Waals surface area (Å²) in [5, 5.41) is 7.11. The number of hydrogen-bond donors (Lipinski definition) is 1. The van der Waals surface area contributed by atoms with E-state index < -0.39 is 0 Å². The van der Waals surface area contributed by atoms with Gasteiger partial charge >= 0.3 is 6.03 Å². The van der Waals surface area contributed by atoms with Crippen LogP contribution in [0.4, 0.5) is 10.5 Å². The molecule has 1 aromatic carbocycles. The molecule has 1 atom stereocenters. The SMILES string of the molecule is CCOc1ccc(NC(=O)N2CCCC(n3cncn3)C2)cc1. The summed E-state index contributed by atoms with van der Waals surface area (Å²) in [6.07, 6.45) is 5.20. The Bertz CT molecular complexity index is 626. The molecule has 0 spiro atoms. The smallest absolute Gasteiger partial charge is 0.321 e. The van der Waals surface area contributed by atoms with E-state index in [4.69, 9.17) is 4.74 Å². The number of carbonyl (C=O) groups excluding carboxylic acids is 1. The summed E-state index contributed by atoms with van der Waals surface area (Å²) < 4.78 is 7.23. The Morgan fingerprint density at radius 2 is 2.22 bits per heavy atom. The van der Waals surface area contributed by atoms with Crippen LogP contribution in [0.5, 0.6) is 5.75 Å². The molecule has 1 aromatic heterocycles. The molecule has 0 saturated carbocycles. The van der Waals surface area contributed by atoms with E-state index in [1.165, 1.54) is 6.33 Å². The molecule has 2 amide bonds. The van der Waals surface area contributed by atoms with Crippen molar-refractivity contribution in [2.45, 2.75) is 25.8 Å². The average Bonchev–Trinajstić information content (AvgIpc) is 3.12. The van der Waals surface area contributed by atoms with Crippen molar-refractivity contribution in [3.05, 3.63) is 36.9 Å². The van der Waals surface area contributed by atoms with Crippen LogP contribution in [-0.4, -0.2) is 45.4 Å². The van der Waals surface area contributed by atoms with Gasteiger partial charge in [-0.05, 0) is 44.0 Å². The molecule has 2 heterocycles. The third-order valence-electron chi connectivity index (χ3n) is 3.91. The van der Waals surface area contributed by atoms with Gasteiger partial charge in [0.25, 0.3) is 0 Å². The fraction of sp³-hybridized carbons (Fsp3) is 0.438. The van der Waals surface area contributed by atoms with E-state index in [-0.39, 0.29) is 12.1 Å². The minimum Gasteiger partial charge on any atom is -0.494 e. The number of nitrogens with one attached hydrogen (secondary N) is 1. The Balaban J connectivity index is 1.59. The number of aromatic nitrogens is 3. The Kier molecular flexibility index (Phi) is 4.75. The summed E-state index contributed by atoms with van der Waals surface area (Å²) in [6, 6.07) is 7.51. The summed E-state index contributed by atoms with van der Waals surface area (Å²) in [6.45, 7) is 3.97. The average molecular weight is 315 g/mol. The van der Waals surface area contributed by atoms with Crippen molar-refractivity contribution in [2.75, 3.05) is 25.0 Å². The molecule has 0 aliphatic carbocycles. The Hall–Kier alpha value is -2.57. The molecule has 1 unspecified atom stereocenters. The van der Waals surface area contributed by atoms with Crippen molar-refractivity contribution >= 4 is 11.7 Å². The summed E-state index contributed by atoms with van der Waals surface area (Å²) in [5.74, 6) is 0.801. The van der Waals surface area contributed by atoms with Gasteiger partial charge in [0.05, 0.1) is 12.6 Å². The van der Waals surface area contributed by atoms with E-state index in [9.17, 15) is 4.79 Å². The second-order valence-electron chi connectivity index (χ2n) is 5.51. The van der Waals surface area contributed by atoms with Crippen LogP contribution in [0.3, 0.4) is 0 Å². The number of amides is 2. The highest BCUT2D eigenvalue weighted by molar-refractivity contribution is 5.89. The molecular formula is C16H21N5O2. The molecule has 1 saturated heterocycles. The number of nitrogens with zero attached hydrogens (tertiary/aromatic N) is 4. The molecule has 0 radical (unpaired) electrons. The number of rotatable bonds is 4. The molecule has 7 nitrogen and oxygen atoms in total. The molecule has 7 heteroatoms. The summed E-state index contributed by atoms with van der Waals surface area (Å²) in [7, 11) is 0. The number of hydrogen-bond acceptors (Lipinski definition) is 4. The summed E-state index contributed by atoms with van der Waals surface area (Å²) in [4.78, 5) is 18.2. The zero-order valence-corrected chi connectivity index (χ0v) is 13.2. The van der Waals surface area contributed by atoms with Gasteiger partial charge < -0.3 is 15.0 Å². The minimum absolute atomic E-state index is 0.0843. The van der Waals surface area contributed by atoms with Gasteiger partial charge in [0.15, 0.2) is 0 Å². The Labute approximate surface area is 135 Å². The van der Waals surface area contributed by atoms with Crippen LogP contribution < -0.4 is 10.1 Å². The topological polar surface area (TPSA) is 72.3 Å². The molecule has 23 heavy (non-hydrogen) atoms. The van der Waals surface area contributed by atoms with Crippen molar-refractivity contribution in [2.24, 2.45) is 0 Å². The second kappa shape index (κ2) is 7.13. The van der Waals surface area contributed by atoms with Gasteiger partial charge in [-0.25, -0.2) is 14.5 Å². The zero-order chi connectivity index (χ0) is 16.1. The first-order valence-electron chi connectivity index (χ1n) is 7.89. The second-order valence-corrected chi connectivity index (χ2v) is 5.51. The van der Waals surface area contributed by atoms with E-state index in [0.717, 1.165) is 30.8 Å². The highest BCUT2D eigenvalue weighted by Crippen LogP contribution is 2.21. The van der Waals surface area contributed by atoms with Crippen LogP contribution in [0.25, 0.3) is 0 Å². The van der Waals surface area contributed by atoms with Crippen molar-refractivity contribution in [3.63, 3.8) is 0 Å². The van der Waals surface area contributed by atoms with Gasteiger partial charge in [0, 0.05) is 18.8 Å². The predicted molar refractivity (Wildman–Crippen MR) is 86.5 cm³/mol. The number of benzene rings is 1. The molecule has 1 N–H and O–H groups in total. The lowest BCUT2D eigenvalue weighted by Crippen LogP contribution is -2.43. The lowest BCUT2D eigenvalue weighted by atomic mass is 10.1. The first-order chi connectivity index (χ1) is 11.3. The number of anilines is 1. The van der Waals surface area contributed by atoms with Gasteiger partial charge in [0.2, 0.25) is 0 Å². The molecular weight excluding hydrogens is 294 g/mol. The van der Waals surface area contributed by atoms with E-state index in [0.29, 0.717) is 13.2 Å². The zero-order valence-electron chi connectivity index (χ0n) is 13.2. The molecule has 1 aliphatic heterocycles. The molecule has 0 bridgehead atoms. The van der Waals surface area contributed by atoms with E-state index >= 15 is 0 Å². The third-order valence-corrected chi connectivity index (χ3v) is 3.91. The maximum Gasteiger partial charge on any atom is 0.321 e. The highest BCUT2D eigenvalue weighted by Gasteiger charge is 2.25. The normalized spacial score (nSPS) is 17.8. The highest BCUT2D eigenvalue weighted by atomic mass is 16.5. The van der Waals surface area contributed by atoms with Crippen molar-refractivity contribution in [3.8, 4) is 5.75 Å². The number of likely N-dealkylation sites (tertiary alicyclic amines) is 1. The molecule has 122 valence electrons. The molecule has 1 fully saturated rings. The van der Waals surface area contributed by atoms with Gasteiger partial charge in [0.1, 0.15) is 18.4 Å². The van der Waals surface area contributed by atoms with Crippen LogP contribution in [0.15, 0.2) is 36.9 Å². The first-order valence-corrected chi connectivity index (χ1v) is 7.89. The fourth-order valence-corrected chi connectivity index (χ4v) is 2.76. The quantitative estimate of drug-likeness (QED) is 0.941. The number of urea groups is 1. The van der Waals surface area contributed by atoms with Crippen LogP contribution in [-0.2, 0) is 0 Å². The minimum atomic E-state index is -0.0843. The fourth-order valence-electron chi connectivity index (χ4n) is 2.76. The summed E-state index contributed by atoms with van der Waals surface area (Å²) >= 11 is 0. The van der Waals surface area contributed by atoms with Gasteiger partial charge in [-0.15, -0.1) is 0 Å². The molecule has 1 aliphatic rings. The molecule has 2 aromatic rings. The lowest BCUT2D eigenvalue weighted by Gasteiger charge is -2.32. The van der Waals surface area contributed by atoms with Gasteiger partial charge in [-0.3, -0.25) is 0 Å². The third kappa shape index (κ3) is 3.80. The lowest BCUT2D eigenvalue weighted by molar-refractivity contribution is 0.174. The van der Waals surface area contributed by atoms with Crippen molar-refractivity contribution in [1.29, 1.82) is 0 Å². The van der Waals surface area contributed by atoms with Crippen molar-refractivity contribution in [1.82, 2.24) is 19.7 Å². The Morgan fingerprint density at radius 3 is 2.91 bits per heavy atom. The van der Waals surface area contributed by atoms with Gasteiger partial charge in [-0.2, -0.15) is 5.10 Å². The van der Waals surface area contributed by atoms with Crippen LogP contribution in [0.2, 0.25) is 0 Å². The first kappa shape index (κ1) is 15.3. The van der Waals surface area contributed by atoms with Crippen molar-refractivity contribution < 1.29 is 9.53 Å². The maximum absolute atomic E-state index is 12.4. The Morgan fingerprint density at radius 1 is 1.39 bits per heavy atom.